The molecule has 3 rings (SSSR count). The Morgan fingerprint density at radius 3 is 2.74 bits per heavy atom. The lowest BCUT2D eigenvalue weighted by molar-refractivity contribution is -0.140. The van der Waals surface area contributed by atoms with Crippen LogP contribution in [0.25, 0.3) is 0 Å². The fourth-order valence-corrected chi connectivity index (χ4v) is 3.56. The molecule has 2 aromatic heterocycles. The number of hydrogen-bond acceptors (Lipinski definition) is 6. The van der Waals surface area contributed by atoms with Crippen molar-refractivity contribution < 1.29 is 9.59 Å². The monoisotopic (exact) mass is 331 g/mol. The van der Waals surface area contributed by atoms with Gasteiger partial charge in [0, 0.05) is 38.4 Å². The minimum atomic E-state index is -1.11. The minimum Gasteiger partial charge on any atom is -0.346 e. The molecule has 3 heterocycles. The van der Waals surface area contributed by atoms with Gasteiger partial charge in [0.05, 0.1) is 17.4 Å². The van der Waals surface area contributed by atoms with Gasteiger partial charge in [0.1, 0.15) is 5.69 Å². The van der Waals surface area contributed by atoms with Crippen molar-refractivity contribution in [1.29, 1.82) is 0 Å². The fourth-order valence-electron chi connectivity index (χ4n) is 3.03. The predicted molar refractivity (Wildman–Crippen MR) is 84.8 cm³/mol. The minimum absolute atomic E-state index is 0.168. The molecule has 0 aliphatic carbocycles. The number of amides is 2. The van der Waals surface area contributed by atoms with Crippen molar-refractivity contribution in [3.05, 3.63) is 40.9 Å². The Morgan fingerprint density at radius 1 is 1.30 bits per heavy atom. The van der Waals surface area contributed by atoms with Crippen LogP contribution in [-0.2, 0) is 10.3 Å². The Kier molecular flexibility index (Phi) is 4.08. The first-order chi connectivity index (χ1) is 11.1. The van der Waals surface area contributed by atoms with Crippen molar-refractivity contribution in [3.63, 3.8) is 0 Å². The normalized spacial score (nSPS) is 20.5. The molecule has 0 radical (unpaired) electrons. The van der Waals surface area contributed by atoms with Crippen LogP contribution < -0.4 is 0 Å². The van der Waals surface area contributed by atoms with Crippen LogP contribution in [0, 0.1) is 0 Å². The van der Waals surface area contributed by atoms with Crippen molar-refractivity contribution in [1.82, 2.24) is 24.8 Å². The largest absolute Gasteiger partial charge is 0.346 e. The summed E-state index contributed by atoms with van der Waals surface area (Å²) < 4.78 is 0. The topological polar surface area (TPSA) is 79.3 Å². The zero-order valence-corrected chi connectivity index (χ0v) is 13.8. The summed E-state index contributed by atoms with van der Waals surface area (Å²) in [6, 6.07) is 0. The van der Waals surface area contributed by atoms with Crippen LogP contribution in [0.5, 0.6) is 0 Å². The van der Waals surface area contributed by atoms with E-state index in [9.17, 15) is 9.59 Å². The van der Waals surface area contributed by atoms with E-state index in [0.29, 0.717) is 24.4 Å². The van der Waals surface area contributed by atoms with E-state index in [0.717, 1.165) is 6.42 Å². The molecule has 1 atom stereocenters. The summed E-state index contributed by atoms with van der Waals surface area (Å²) in [7, 11) is 3.37. The van der Waals surface area contributed by atoms with Gasteiger partial charge in [-0.1, -0.05) is 0 Å². The van der Waals surface area contributed by atoms with Gasteiger partial charge in [-0.2, -0.15) is 0 Å². The van der Waals surface area contributed by atoms with Crippen LogP contribution in [0.2, 0.25) is 0 Å². The van der Waals surface area contributed by atoms with Gasteiger partial charge in [0.25, 0.3) is 11.8 Å². The second-order valence-electron chi connectivity index (χ2n) is 5.58. The molecule has 1 fully saturated rings. The van der Waals surface area contributed by atoms with Gasteiger partial charge >= 0.3 is 0 Å². The van der Waals surface area contributed by atoms with Crippen LogP contribution in [0.3, 0.4) is 0 Å². The standard InChI is InChI=1S/C15H17N5O2S/c1-19(2)14(22)15(12-8-16-5-6-17-12)4-3-7-20(15)13(21)11-9-23-10-18-11/h5-6,8-10H,3-4,7H2,1-2H3/t15-/m0/s1. The van der Waals surface area contributed by atoms with E-state index >= 15 is 0 Å². The van der Waals surface area contributed by atoms with Gasteiger partial charge in [-0.15, -0.1) is 11.3 Å². The van der Waals surface area contributed by atoms with Crippen molar-refractivity contribution in [2.75, 3.05) is 20.6 Å². The first kappa shape index (κ1) is 15.5. The van der Waals surface area contributed by atoms with E-state index in [1.807, 2.05) is 0 Å². The third-order valence-electron chi connectivity index (χ3n) is 4.02. The maximum atomic E-state index is 13.0. The highest BCUT2D eigenvalue weighted by molar-refractivity contribution is 7.07. The lowest BCUT2D eigenvalue weighted by atomic mass is 9.90. The molecule has 1 saturated heterocycles. The molecule has 2 amide bonds. The number of carbonyl (C=O) groups is 2. The summed E-state index contributed by atoms with van der Waals surface area (Å²) in [4.78, 5) is 41.5. The zero-order valence-electron chi connectivity index (χ0n) is 13.0. The summed E-state index contributed by atoms with van der Waals surface area (Å²) in [6.45, 7) is 0.493. The highest BCUT2D eigenvalue weighted by atomic mass is 32.1. The number of nitrogens with zero attached hydrogens (tertiary/aromatic N) is 5. The third-order valence-corrected chi connectivity index (χ3v) is 4.61. The summed E-state index contributed by atoms with van der Waals surface area (Å²) in [5.41, 5.74) is 1.36. The van der Waals surface area contributed by atoms with Crippen molar-refractivity contribution in [2.24, 2.45) is 0 Å². The number of aromatic nitrogens is 3. The Morgan fingerprint density at radius 2 is 2.13 bits per heavy atom. The summed E-state index contributed by atoms with van der Waals surface area (Å²) in [5, 5.41) is 1.70. The van der Waals surface area contributed by atoms with Gasteiger partial charge in [-0.3, -0.25) is 19.6 Å². The van der Waals surface area contributed by atoms with Crippen molar-refractivity contribution in [2.45, 2.75) is 18.4 Å². The molecule has 0 bridgehead atoms. The highest BCUT2D eigenvalue weighted by Gasteiger charge is 2.53. The average molecular weight is 331 g/mol. The van der Waals surface area contributed by atoms with Crippen molar-refractivity contribution >= 4 is 23.2 Å². The third kappa shape index (κ3) is 2.48. The van der Waals surface area contributed by atoms with Gasteiger partial charge in [0.15, 0.2) is 5.54 Å². The van der Waals surface area contributed by atoms with Gasteiger partial charge < -0.3 is 9.80 Å². The molecule has 0 saturated carbocycles. The van der Waals surface area contributed by atoms with E-state index in [1.165, 1.54) is 16.2 Å². The average Bonchev–Trinajstić information content (AvgIpc) is 3.24. The number of rotatable bonds is 3. The molecule has 0 aromatic carbocycles. The number of thiazole rings is 1. The molecule has 120 valence electrons. The van der Waals surface area contributed by atoms with E-state index in [-0.39, 0.29) is 11.8 Å². The molecule has 0 spiro atoms. The summed E-state index contributed by atoms with van der Waals surface area (Å²) in [5.74, 6) is -0.413. The van der Waals surface area contributed by atoms with Crippen LogP contribution in [0.1, 0.15) is 29.0 Å². The van der Waals surface area contributed by atoms with E-state index in [2.05, 4.69) is 15.0 Å². The molecule has 23 heavy (non-hydrogen) atoms. The van der Waals surface area contributed by atoms with E-state index in [1.54, 1.807) is 48.5 Å². The summed E-state index contributed by atoms with van der Waals surface area (Å²) in [6.07, 6.45) is 5.92. The Balaban J connectivity index is 2.11. The van der Waals surface area contributed by atoms with E-state index in [4.69, 9.17) is 0 Å². The molecule has 1 aliphatic heterocycles. The molecule has 7 nitrogen and oxygen atoms in total. The Hall–Kier alpha value is -2.35. The molecule has 2 aromatic rings. The zero-order chi connectivity index (χ0) is 16.4. The Bertz CT molecular complexity index is 704. The molecule has 8 heteroatoms. The predicted octanol–water partition coefficient (Wildman–Crippen LogP) is 1.15. The number of likely N-dealkylation sites (tertiary alicyclic amines) is 1. The highest BCUT2D eigenvalue weighted by Crippen LogP contribution is 2.40. The molecular weight excluding hydrogens is 314 g/mol. The quantitative estimate of drug-likeness (QED) is 0.843. The lowest BCUT2D eigenvalue weighted by Gasteiger charge is -2.37. The first-order valence-electron chi connectivity index (χ1n) is 7.26. The van der Waals surface area contributed by atoms with E-state index < -0.39 is 5.54 Å². The first-order valence-corrected chi connectivity index (χ1v) is 8.20. The molecular formula is C15H17N5O2S. The van der Waals surface area contributed by atoms with Gasteiger partial charge in [-0.05, 0) is 12.8 Å². The number of hydrogen-bond donors (Lipinski definition) is 0. The van der Waals surface area contributed by atoms with Gasteiger partial charge in [-0.25, -0.2) is 4.98 Å². The lowest BCUT2D eigenvalue weighted by Crippen LogP contribution is -2.55. The second kappa shape index (κ2) is 6.04. The van der Waals surface area contributed by atoms with Crippen LogP contribution in [0.15, 0.2) is 29.5 Å². The van der Waals surface area contributed by atoms with Crippen LogP contribution in [-0.4, -0.2) is 57.2 Å². The molecule has 0 N–H and O–H groups in total. The smallest absolute Gasteiger partial charge is 0.274 e. The number of likely N-dealkylation sites (N-methyl/N-ethyl adjacent to an activating group) is 1. The van der Waals surface area contributed by atoms with Crippen molar-refractivity contribution in [3.8, 4) is 0 Å². The molecule has 1 aliphatic rings. The fraction of sp³-hybridized carbons (Fsp3) is 0.400. The Labute approximate surface area is 138 Å². The van der Waals surface area contributed by atoms with Gasteiger partial charge in [0.2, 0.25) is 0 Å². The van der Waals surface area contributed by atoms with Crippen LogP contribution >= 0.6 is 11.3 Å². The summed E-state index contributed by atoms with van der Waals surface area (Å²) >= 11 is 1.36. The molecule has 0 unspecified atom stereocenters. The second-order valence-corrected chi connectivity index (χ2v) is 6.30. The number of carbonyl (C=O) groups excluding carboxylic acids is 2. The maximum Gasteiger partial charge on any atom is 0.274 e. The van der Waals surface area contributed by atoms with Crippen LogP contribution in [0.4, 0.5) is 0 Å². The SMILES string of the molecule is CN(C)C(=O)[C@@]1(c2cnccn2)CCCN1C(=O)c1cscn1. The maximum absolute atomic E-state index is 13.0.